The molecule has 0 bridgehead atoms. The van der Waals surface area contributed by atoms with E-state index in [-0.39, 0.29) is 195 Å². The Hall–Kier alpha value is -14.3. The van der Waals surface area contributed by atoms with Crippen molar-refractivity contribution in [2.45, 2.75) is 158 Å². The molecule has 141 heavy (non-hydrogen) atoms. The van der Waals surface area contributed by atoms with Crippen LogP contribution >= 0.6 is 34.8 Å². The van der Waals surface area contributed by atoms with Gasteiger partial charge in [0, 0.05) is 110 Å². The molecular formula is C102H87Cl3F15N15O6. The molecular weight excluding hydrogens is 1920 g/mol. The molecule has 3 aliphatic heterocycles. The molecule has 0 radical (unpaired) electrons. The van der Waals surface area contributed by atoms with Gasteiger partial charge in [0.25, 0.3) is 16.7 Å². The smallest absolute Gasteiger partial charge is 0.274 e. The van der Waals surface area contributed by atoms with Gasteiger partial charge >= 0.3 is 0 Å². The fraction of sp³-hybridized carbons (Fsp3) is 0.294. The number of aromatic nitrogens is 9. The average Bonchev–Trinajstić information content (AvgIpc) is 0.726. The number of amides is 3. The Morgan fingerprint density at radius 2 is 0.546 bits per heavy atom. The lowest BCUT2D eigenvalue weighted by Gasteiger charge is -2.45. The van der Waals surface area contributed by atoms with Gasteiger partial charge < -0.3 is 29.4 Å². The quantitative estimate of drug-likeness (QED) is 0.0307. The molecule has 0 aliphatic carbocycles. The Balaban J connectivity index is 0.000000178. The number of hydrogen-bond donors (Lipinski definition) is 0. The number of pyridine rings is 9. The average molecular weight is 2010 g/mol. The third-order valence-corrected chi connectivity index (χ3v) is 25.6. The highest BCUT2D eigenvalue weighted by Gasteiger charge is 2.43. The van der Waals surface area contributed by atoms with Crippen LogP contribution in [0.5, 0.6) is 0 Å². The van der Waals surface area contributed by atoms with Crippen molar-refractivity contribution in [1.82, 2.24) is 58.3 Å². The maximum Gasteiger partial charge on any atom is 0.274 e. The summed E-state index contributed by atoms with van der Waals surface area (Å²) in [6, 6.07) is 6.37. The zero-order valence-corrected chi connectivity index (χ0v) is 80.4. The van der Waals surface area contributed by atoms with Crippen LogP contribution in [-0.4, -0.2) is 152 Å². The van der Waals surface area contributed by atoms with Crippen LogP contribution in [0.15, 0.2) is 107 Å². The largest absolute Gasteiger partial charge is 0.366 e. The number of halogens is 18. The molecule has 732 valence electrons. The first-order valence-corrected chi connectivity index (χ1v) is 44.9. The summed E-state index contributed by atoms with van der Waals surface area (Å²) in [5, 5.41) is -0.917. The van der Waals surface area contributed by atoms with Gasteiger partial charge in [-0.05, 0) is 151 Å². The number of nitrogens with zero attached hydrogens (tertiary/aromatic N) is 15. The van der Waals surface area contributed by atoms with Crippen LogP contribution in [0, 0.1) is 145 Å². The zero-order valence-electron chi connectivity index (χ0n) is 78.2. The summed E-state index contributed by atoms with van der Waals surface area (Å²) >= 11 is 19.7. The van der Waals surface area contributed by atoms with Gasteiger partial charge in [0.2, 0.25) is 35.2 Å². The maximum absolute atomic E-state index is 15.1. The molecule has 3 aliphatic rings. The first kappa shape index (κ1) is 104. The molecule has 3 fully saturated rings. The lowest BCUT2D eigenvalue weighted by atomic mass is 10.0. The SMILES string of the molecule is C#Cc1c(N2C[C@@H](C)N(C(=O)C=C)[C@@H](C)C2)c2cc(Cl)c(-c3c(F)c(F)c(F)c(F)c3F)nc2n(-c2c(C)ccnc2C(C)C)c1=O.C#Cc1c(N2C[C@@H](C)N(C(=O)C=C)[C@@H](C)C2)c2cc(Cl)c(-c3c(F)c(F)c(F)c(F)c3F)nc2n(-c2c(C)ccnc2C(C)C)c1=O.C#Cc1c(N2C[C@@H](C)N(C(=O)C=C)[C@@H](C)C2)c2cc(Cl)c(-c3c(F)c(F)c(F)c(F)c3F)nc2n(-c2c(C)ccnc2C(C)C)c1=O. The molecule has 0 N–H and O–H groups in total. The maximum atomic E-state index is 15.1. The molecule has 0 unspecified atom stereocenters. The number of hydrogen-bond acceptors (Lipinski definition) is 15. The van der Waals surface area contributed by atoms with E-state index in [1.807, 2.05) is 83.1 Å². The van der Waals surface area contributed by atoms with E-state index < -0.39 is 153 Å². The minimum atomic E-state index is -2.34. The van der Waals surface area contributed by atoms with E-state index >= 15 is 26.3 Å². The van der Waals surface area contributed by atoms with Gasteiger partial charge in [-0.2, -0.15) is 0 Å². The summed E-state index contributed by atoms with van der Waals surface area (Å²) in [6.07, 6.45) is 26.2. The monoisotopic (exact) mass is 2010 g/mol. The van der Waals surface area contributed by atoms with Crippen molar-refractivity contribution in [2.75, 3.05) is 54.0 Å². The number of carbonyl (C=O) groups excluding carboxylic acids is 3. The molecule has 3 saturated heterocycles. The van der Waals surface area contributed by atoms with Gasteiger partial charge in [-0.3, -0.25) is 57.4 Å². The molecule has 0 spiro atoms. The fourth-order valence-electron chi connectivity index (χ4n) is 18.8. The number of aryl methyl sites for hydroxylation is 3. The van der Waals surface area contributed by atoms with E-state index in [0.29, 0.717) is 33.8 Å². The van der Waals surface area contributed by atoms with Gasteiger partial charge in [-0.15, -0.1) is 19.3 Å². The first-order valence-electron chi connectivity index (χ1n) is 43.8. The number of anilines is 3. The second-order valence-corrected chi connectivity index (χ2v) is 36.4. The number of terminal acetylenes is 3. The summed E-state index contributed by atoms with van der Waals surface area (Å²) < 4.78 is 222. The second kappa shape index (κ2) is 40.5. The molecule has 9 aromatic heterocycles. The lowest BCUT2D eigenvalue weighted by Crippen LogP contribution is -2.58. The van der Waals surface area contributed by atoms with Crippen molar-refractivity contribution in [3.63, 3.8) is 0 Å². The Bertz CT molecular complexity index is 6850. The van der Waals surface area contributed by atoms with Crippen LogP contribution < -0.4 is 31.4 Å². The van der Waals surface area contributed by atoms with Crippen molar-refractivity contribution in [1.29, 1.82) is 0 Å². The predicted molar refractivity (Wildman–Crippen MR) is 511 cm³/mol. The van der Waals surface area contributed by atoms with Crippen LogP contribution in [-0.2, 0) is 14.4 Å². The third kappa shape index (κ3) is 17.9. The Morgan fingerprint density at radius 3 is 0.723 bits per heavy atom. The van der Waals surface area contributed by atoms with Gasteiger partial charge in [-0.1, -0.05) is 114 Å². The second-order valence-electron chi connectivity index (χ2n) is 35.1. The molecule has 12 aromatic rings. The van der Waals surface area contributed by atoms with Crippen molar-refractivity contribution in [3.05, 3.63) is 277 Å². The molecule has 0 saturated carbocycles. The summed E-state index contributed by atoms with van der Waals surface area (Å²) in [5.41, 5.74) is -5.05. The highest BCUT2D eigenvalue weighted by atomic mass is 35.5. The molecule has 15 rings (SSSR count). The van der Waals surface area contributed by atoms with E-state index in [1.165, 1.54) is 36.4 Å². The van der Waals surface area contributed by atoms with E-state index in [2.05, 4.69) is 67.4 Å². The van der Waals surface area contributed by atoms with Crippen molar-refractivity contribution in [3.8, 4) is 87.9 Å². The van der Waals surface area contributed by atoms with Gasteiger partial charge in [0.05, 0.1) is 100 Å². The lowest BCUT2D eigenvalue weighted by molar-refractivity contribution is -0.131. The van der Waals surface area contributed by atoms with E-state index in [0.717, 1.165) is 13.7 Å². The molecule has 6 atom stereocenters. The minimum absolute atomic E-state index is 0.0970. The van der Waals surface area contributed by atoms with Crippen molar-refractivity contribution < 1.29 is 80.2 Å². The molecule has 39 heteroatoms. The van der Waals surface area contributed by atoms with E-state index in [1.54, 1.807) is 87.0 Å². The van der Waals surface area contributed by atoms with Gasteiger partial charge in [-0.25, -0.2) is 80.8 Å². The van der Waals surface area contributed by atoms with E-state index in [4.69, 9.17) is 54.1 Å². The topological polar surface area (TPSA) is 214 Å². The summed E-state index contributed by atoms with van der Waals surface area (Å²) in [5.74, 6) is -27.1. The predicted octanol–water partition coefficient (Wildman–Crippen LogP) is 20.5. The number of benzene rings is 3. The minimum Gasteiger partial charge on any atom is -0.366 e. The van der Waals surface area contributed by atoms with Gasteiger partial charge in [0.1, 0.15) is 33.6 Å². The molecule has 12 heterocycles. The van der Waals surface area contributed by atoms with Crippen LogP contribution in [0.25, 0.3) is 83.9 Å². The summed E-state index contributed by atoms with van der Waals surface area (Å²) in [6.45, 7) is 39.0. The Morgan fingerprint density at radius 1 is 0.355 bits per heavy atom. The zero-order chi connectivity index (χ0) is 104. The number of rotatable bonds is 15. The number of carbonyl (C=O) groups is 3. The highest BCUT2D eigenvalue weighted by Crippen LogP contribution is 2.47. The van der Waals surface area contributed by atoms with Gasteiger partial charge in [0.15, 0.2) is 69.8 Å². The van der Waals surface area contributed by atoms with Crippen LogP contribution in [0.2, 0.25) is 15.1 Å². The van der Waals surface area contributed by atoms with Crippen molar-refractivity contribution >= 4 is 103 Å². The van der Waals surface area contributed by atoms with Crippen LogP contribution in [0.1, 0.15) is 151 Å². The third-order valence-electron chi connectivity index (χ3n) is 24.8. The highest BCUT2D eigenvalue weighted by molar-refractivity contribution is 6.35. The normalized spacial score (nSPS) is 16.6. The van der Waals surface area contributed by atoms with Crippen LogP contribution in [0.4, 0.5) is 82.9 Å². The number of fused-ring (bicyclic) bond motifs is 3. The van der Waals surface area contributed by atoms with Crippen LogP contribution in [0.3, 0.4) is 0 Å². The molecule has 21 nitrogen and oxygen atoms in total. The number of piperazine rings is 3. The standard InChI is InChI=1S/3C34H29ClF5N5O2/c3*1-8-19-32(43-13-17(6)44(18(7)14-43)22(46)9-2)20-12-21(35)30(23-24(36)26(38)28(40)27(39)25(23)37)42-33(20)45(34(19)47)31-16(5)10-11-41-29(31)15(3)4/h3*1,9-12,15,17-18H,2,13-14H2,3-7H3/t3*17-,18+. The summed E-state index contributed by atoms with van der Waals surface area (Å²) in [4.78, 5) is 118. The molecule has 3 amide bonds. The van der Waals surface area contributed by atoms with Crippen molar-refractivity contribution in [2.24, 2.45) is 0 Å². The fourth-order valence-corrected chi connectivity index (χ4v) is 19.5. The Kier molecular flexibility index (Phi) is 29.9. The van der Waals surface area contributed by atoms with E-state index in [9.17, 15) is 68.3 Å². The summed E-state index contributed by atoms with van der Waals surface area (Å²) in [7, 11) is 0. The molecule has 3 aromatic carbocycles. The Labute approximate surface area is 813 Å². The first-order chi connectivity index (χ1) is 66.5.